The molecular weight excluding hydrogens is 314 g/mol. The first-order valence-electron chi connectivity index (χ1n) is 9.61. The maximum Gasteiger partial charge on any atom is 0.237 e. The van der Waals surface area contributed by atoms with Crippen LogP contribution in [-0.2, 0) is 4.79 Å². The lowest BCUT2D eigenvalue weighted by Gasteiger charge is -2.37. The van der Waals surface area contributed by atoms with Crippen LogP contribution in [0.25, 0.3) is 0 Å². The van der Waals surface area contributed by atoms with Crippen molar-refractivity contribution in [2.75, 3.05) is 44.2 Å². The van der Waals surface area contributed by atoms with Crippen molar-refractivity contribution in [1.82, 2.24) is 9.80 Å². The van der Waals surface area contributed by atoms with Crippen LogP contribution in [-0.4, -0.2) is 71.7 Å². The summed E-state index contributed by atoms with van der Waals surface area (Å²) in [6.07, 6.45) is 3.70. The van der Waals surface area contributed by atoms with Gasteiger partial charge in [0.15, 0.2) is 0 Å². The van der Waals surface area contributed by atoms with Crippen LogP contribution < -0.4 is 4.90 Å². The first kappa shape index (κ1) is 16.9. The Morgan fingerprint density at radius 2 is 1.96 bits per heavy atom. The Kier molecular flexibility index (Phi) is 4.46. The zero-order valence-corrected chi connectivity index (χ0v) is 15.2. The van der Waals surface area contributed by atoms with Crippen molar-refractivity contribution in [2.45, 2.75) is 44.2 Å². The Hall–Kier alpha value is -1.59. The van der Waals surface area contributed by atoms with Gasteiger partial charge in [-0.05, 0) is 50.3 Å². The molecule has 1 unspecified atom stereocenters. The van der Waals surface area contributed by atoms with Gasteiger partial charge < -0.3 is 14.9 Å². The molecule has 2 saturated heterocycles. The summed E-state index contributed by atoms with van der Waals surface area (Å²) in [4.78, 5) is 19.4. The fourth-order valence-corrected chi connectivity index (χ4v) is 4.36. The minimum absolute atomic E-state index is 0.0635. The smallest absolute Gasteiger partial charge is 0.237 e. The van der Waals surface area contributed by atoms with Crippen LogP contribution in [0.3, 0.4) is 0 Å². The van der Waals surface area contributed by atoms with E-state index < -0.39 is 5.60 Å². The Morgan fingerprint density at radius 1 is 1.20 bits per heavy atom. The number of aryl methyl sites for hydroxylation is 1. The summed E-state index contributed by atoms with van der Waals surface area (Å²) >= 11 is 0. The average molecular weight is 343 g/mol. The van der Waals surface area contributed by atoms with Crippen LogP contribution >= 0.6 is 0 Å². The highest BCUT2D eigenvalue weighted by atomic mass is 16.3. The number of aliphatic hydroxyl groups is 1. The molecule has 0 aromatic heterocycles. The van der Waals surface area contributed by atoms with Crippen molar-refractivity contribution in [2.24, 2.45) is 0 Å². The zero-order chi connectivity index (χ0) is 17.4. The van der Waals surface area contributed by atoms with Crippen molar-refractivity contribution in [3.63, 3.8) is 0 Å². The topological polar surface area (TPSA) is 47.0 Å². The minimum atomic E-state index is -0.573. The number of benzene rings is 1. The van der Waals surface area contributed by atoms with E-state index in [-0.39, 0.29) is 11.9 Å². The highest BCUT2D eigenvalue weighted by molar-refractivity contribution is 5.79. The first-order chi connectivity index (χ1) is 12.0. The standard InChI is InChI=1S/C20H29N3O2/c1-16-4-2-5-17(14-16)22-12-10-21(11-13-22)15-19(24)23-9-3-6-18(23)20(25)7-8-20/h2,4-5,14,18,25H,3,6-13,15H2,1H3. The maximum absolute atomic E-state index is 12.8. The third-order valence-corrected chi connectivity index (χ3v) is 6.05. The lowest BCUT2D eigenvalue weighted by molar-refractivity contribution is -0.136. The molecule has 25 heavy (non-hydrogen) atoms. The number of anilines is 1. The van der Waals surface area contributed by atoms with E-state index in [9.17, 15) is 9.90 Å². The molecule has 2 aliphatic heterocycles. The second-order valence-electron chi connectivity index (χ2n) is 7.95. The molecular formula is C20H29N3O2. The summed E-state index contributed by atoms with van der Waals surface area (Å²) in [5.74, 6) is 0.201. The van der Waals surface area contributed by atoms with Crippen LogP contribution in [0.5, 0.6) is 0 Å². The summed E-state index contributed by atoms with van der Waals surface area (Å²) in [6, 6.07) is 8.69. The van der Waals surface area contributed by atoms with Crippen LogP contribution in [0.4, 0.5) is 5.69 Å². The second kappa shape index (κ2) is 6.61. The van der Waals surface area contributed by atoms with Gasteiger partial charge >= 0.3 is 0 Å². The zero-order valence-electron chi connectivity index (χ0n) is 15.2. The molecule has 2 heterocycles. The largest absolute Gasteiger partial charge is 0.388 e. The number of piperazine rings is 1. The first-order valence-corrected chi connectivity index (χ1v) is 9.61. The molecule has 0 bridgehead atoms. The molecule has 136 valence electrons. The number of nitrogens with zero attached hydrogens (tertiary/aromatic N) is 3. The van der Waals surface area contributed by atoms with E-state index in [2.05, 4.69) is 41.0 Å². The fourth-order valence-electron chi connectivity index (χ4n) is 4.36. The molecule has 5 nitrogen and oxygen atoms in total. The molecule has 3 aliphatic rings. The van der Waals surface area contributed by atoms with Gasteiger partial charge in [-0.3, -0.25) is 9.69 Å². The molecule has 1 aromatic carbocycles. The highest BCUT2D eigenvalue weighted by Gasteiger charge is 2.52. The van der Waals surface area contributed by atoms with Crippen LogP contribution in [0, 0.1) is 6.92 Å². The van der Waals surface area contributed by atoms with Gasteiger partial charge in [-0.15, -0.1) is 0 Å². The molecule has 0 radical (unpaired) electrons. The summed E-state index contributed by atoms with van der Waals surface area (Å²) in [6.45, 7) is 7.20. The molecule has 1 aromatic rings. The molecule has 1 atom stereocenters. The number of carbonyl (C=O) groups excluding carboxylic acids is 1. The summed E-state index contributed by atoms with van der Waals surface area (Å²) in [7, 11) is 0. The molecule has 3 fully saturated rings. The Bertz CT molecular complexity index is 636. The predicted molar refractivity (Wildman–Crippen MR) is 98.8 cm³/mol. The van der Waals surface area contributed by atoms with E-state index in [1.165, 1.54) is 11.3 Å². The molecule has 4 rings (SSSR count). The van der Waals surface area contributed by atoms with Gasteiger partial charge in [0, 0.05) is 38.4 Å². The van der Waals surface area contributed by atoms with Gasteiger partial charge in [0.1, 0.15) is 0 Å². The SMILES string of the molecule is Cc1cccc(N2CCN(CC(=O)N3CCCC3C3(O)CC3)CC2)c1. The molecule has 1 N–H and O–H groups in total. The van der Waals surface area contributed by atoms with E-state index >= 15 is 0 Å². The van der Waals surface area contributed by atoms with Crippen molar-refractivity contribution < 1.29 is 9.90 Å². The second-order valence-corrected chi connectivity index (χ2v) is 7.95. The van der Waals surface area contributed by atoms with Crippen molar-refractivity contribution in [3.8, 4) is 0 Å². The molecule has 1 saturated carbocycles. The Balaban J connectivity index is 1.30. The lowest BCUT2D eigenvalue weighted by atomic mass is 10.1. The van der Waals surface area contributed by atoms with E-state index in [1.54, 1.807) is 0 Å². The van der Waals surface area contributed by atoms with Gasteiger partial charge in [0.2, 0.25) is 5.91 Å². The van der Waals surface area contributed by atoms with Crippen molar-refractivity contribution in [1.29, 1.82) is 0 Å². The van der Waals surface area contributed by atoms with E-state index in [1.807, 2.05) is 4.90 Å². The predicted octanol–water partition coefficient (Wildman–Crippen LogP) is 1.63. The Labute approximate surface area is 150 Å². The van der Waals surface area contributed by atoms with Crippen LogP contribution in [0.2, 0.25) is 0 Å². The number of carbonyl (C=O) groups is 1. The van der Waals surface area contributed by atoms with Crippen LogP contribution in [0.15, 0.2) is 24.3 Å². The average Bonchev–Trinajstić information content (AvgIpc) is 3.16. The van der Waals surface area contributed by atoms with Gasteiger partial charge in [0.05, 0.1) is 18.2 Å². The number of hydrogen-bond donors (Lipinski definition) is 1. The van der Waals surface area contributed by atoms with Gasteiger partial charge in [0.25, 0.3) is 0 Å². The number of likely N-dealkylation sites (tertiary alicyclic amines) is 1. The van der Waals surface area contributed by atoms with E-state index in [0.717, 1.165) is 58.4 Å². The third-order valence-electron chi connectivity index (χ3n) is 6.05. The number of hydrogen-bond acceptors (Lipinski definition) is 4. The quantitative estimate of drug-likeness (QED) is 0.903. The molecule has 1 aliphatic carbocycles. The van der Waals surface area contributed by atoms with Crippen molar-refractivity contribution in [3.05, 3.63) is 29.8 Å². The Morgan fingerprint density at radius 3 is 2.64 bits per heavy atom. The van der Waals surface area contributed by atoms with E-state index in [0.29, 0.717) is 6.54 Å². The van der Waals surface area contributed by atoms with Crippen LogP contribution in [0.1, 0.15) is 31.2 Å². The summed E-state index contributed by atoms with van der Waals surface area (Å²) in [5, 5.41) is 10.4. The van der Waals surface area contributed by atoms with Crippen molar-refractivity contribution >= 4 is 11.6 Å². The third kappa shape index (κ3) is 3.53. The van der Waals surface area contributed by atoms with E-state index in [4.69, 9.17) is 0 Å². The lowest BCUT2D eigenvalue weighted by Crippen LogP contribution is -2.52. The minimum Gasteiger partial charge on any atom is -0.388 e. The number of amides is 1. The summed E-state index contributed by atoms with van der Waals surface area (Å²) < 4.78 is 0. The van der Waals surface area contributed by atoms with Gasteiger partial charge in [-0.2, -0.15) is 0 Å². The molecule has 0 spiro atoms. The molecule has 1 amide bonds. The highest BCUT2D eigenvalue weighted by Crippen LogP contribution is 2.44. The normalized spacial score (nSPS) is 26.1. The fraction of sp³-hybridized carbons (Fsp3) is 0.650. The van der Waals surface area contributed by atoms with Gasteiger partial charge in [-0.1, -0.05) is 12.1 Å². The summed E-state index contributed by atoms with van der Waals surface area (Å²) in [5.41, 5.74) is 1.99. The number of rotatable bonds is 4. The van der Waals surface area contributed by atoms with Gasteiger partial charge in [-0.25, -0.2) is 0 Å². The maximum atomic E-state index is 12.8. The molecule has 5 heteroatoms. The monoisotopic (exact) mass is 343 g/mol.